The van der Waals surface area contributed by atoms with Crippen molar-refractivity contribution in [2.24, 2.45) is 0 Å². The summed E-state index contributed by atoms with van der Waals surface area (Å²) in [6.45, 7) is 4.29. The van der Waals surface area contributed by atoms with E-state index in [4.69, 9.17) is 16.0 Å². The maximum Gasteiger partial charge on any atom is 0.237 e. The van der Waals surface area contributed by atoms with Crippen LogP contribution in [0.25, 0.3) is 0 Å². The minimum atomic E-state index is -0.380. The maximum absolute atomic E-state index is 12.7. The van der Waals surface area contributed by atoms with Crippen LogP contribution in [-0.2, 0) is 11.3 Å². The van der Waals surface area contributed by atoms with Crippen molar-refractivity contribution in [1.29, 1.82) is 0 Å². The zero-order chi connectivity index (χ0) is 20.9. The molecule has 1 unspecified atom stereocenters. The number of benzene rings is 1. The van der Waals surface area contributed by atoms with E-state index in [2.05, 4.69) is 20.4 Å². The first-order chi connectivity index (χ1) is 14.6. The molecule has 1 N–H and O–H groups in total. The lowest BCUT2D eigenvalue weighted by Crippen LogP contribution is -2.32. The van der Waals surface area contributed by atoms with Gasteiger partial charge in [0.15, 0.2) is 5.16 Å². The van der Waals surface area contributed by atoms with Crippen LogP contribution in [0.1, 0.15) is 31.9 Å². The van der Waals surface area contributed by atoms with Crippen molar-refractivity contribution in [3.8, 4) is 0 Å². The lowest BCUT2D eigenvalue weighted by Gasteiger charge is -2.27. The van der Waals surface area contributed by atoms with Crippen molar-refractivity contribution in [3.63, 3.8) is 0 Å². The third-order valence-electron chi connectivity index (χ3n) is 5.01. The van der Waals surface area contributed by atoms with E-state index in [0.29, 0.717) is 22.4 Å². The number of thioether (sulfide) groups is 1. The van der Waals surface area contributed by atoms with E-state index >= 15 is 0 Å². The Hall–Kier alpha value is -2.45. The highest BCUT2D eigenvalue weighted by molar-refractivity contribution is 8.00. The number of nitrogens with zero attached hydrogens (tertiary/aromatic N) is 4. The number of rotatable bonds is 7. The van der Waals surface area contributed by atoms with Gasteiger partial charge in [-0.3, -0.25) is 9.36 Å². The molecule has 1 atom stereocenters. The van der Waals surface area contributed by atoms with Crippen molar-refractivity contribution < 1.29 is 9.21 Å². The highest BCUT2D eigenvalue weighted by Crippen LogP contribution is 2.29. The normalized spacial score (nSPS) is 15.2. The molecule has 0 aliphatic carbocycles. The Morgan fingerprint density at radius 1 is 1.20 bits per heavy atom. The molecule has 4 rings (SSSR count). The molecular formula is C21H24ClN5O2S. The number of furan rings is 1. The van der Waals surface area contributed by atoms with E-state index in [1.807, 2.05) is 35.8 Å². The first kappa shape index (κ1) is 20.8. The second kappa shape index (κ2) is 9.57. The second-order valence-electron chi connectivity index (χ2n) is 7.22. The highest BCUT2D eigenvalue weighted by Gasteiger charge is 2.24. The van der Waals surface area contributed by atoms with Gasteiger partial charge in [-0.2, -0.15) is 0 Å². The number of anilines is 2. The first-order valence-electron chi connectivity index (χ1n) is 10.0. The number of piperidine rings is 1. The summed E-state index contributed by atoms with van der Waals surface area (Å²) in [5.41, 5.74) is 0.600. The fraction of sp³-hybridized carbons (Fsp3) is 0.381. The number of nitrogens with one attached hydrogen (secondary N) is 1. The summed E-state index contributed by atoms with van der Waals surface area (Å²) in [5.74, 6) is 1.51. The van der Waals surface area contributed by atoms with Crippen LogP contribution < -0.4 is 10.2 Å². The molecule has 1 saturated heterocycles. The molecule has 9 heteroatoms. The van der Waals surface area contributed by atoms with Crippen LogP contribution in [0.4, 0.5) is 11.6 Å². The lowest BCUT2D eigenvalue weighted by atomic mass is 10.1. The third kappa shape index (κ3) is 4.82. The van der Waals surface area contributed by atoms with Gasteiger partial charge in [-0.1, -0.05) is 35.5 Å². The summed E-state index contributed by atoms with van der Waals surface area (Å²) in [6, 6.07) is 11.0. The molecule has 1 aliphatic rings. The molecule has 1 fully saturated rings. The number of halogens is 1. The summed E-state index contributed by atoms with van der Waals surface area (Å²) in [4.78, 5) is 15.0. The van der Waals surface area contributed by atoms with Gasteiger partial charge >= 0.3 is 0 Å². The molecule has 3 heterocycles. The molecule has 7 nitrogen and oxygen atoms in total. The molecule has 2 aromatic heterocycles. The van der Waals surface area contributed by atoms with Gasteiger partial charge in [0.1, 0.15) is 5.76 Å². The Labute approximate surface area is 184 Å². The second-order valence-corrected chi connectivity index (χ2v) is 8.94. The van der Waals surface area contributed by atoms with Gasteiger partial charge in [0, 0.05) is 13.1 Å². The average Bonchev–Trinajstić information content (AvgIpc) is 3.41. The van der Waals surface area contributed by atoms with Gasteiger partial charge < -0.3 is 14.6 Å². The van der Waals surface area contributed by atoms with E-state index < -0.39 is 0 Å². The zero-order valence-electron chi connectivity index (χ0n) is 16.8. The quantitative estimate of drug-likeness (QED) is 0.532. The van der Waals surface area contributed by atoms with E-state index in [1.54, 1.807) is 18.4 Å². The standard InChI is InChI=1S/C21H24ClN5O2S/c1-15(19(28)23-18-10-4-3-9-17(18)22)30-21-25-24-20(26-11-5-2-6-12-26)27(21)14-16-8-7-13-29-16/h3-4,7-10,13,15H,2,5-6,11-12,14H2,1H3,(H,23,28). The molecule has 0 saturated carbocycles. The summed E-state index contributed by atoms with van der Waals surface area (Å²) in [7, 11) is 0. The predicted molar refractivity (Wildman–Crippen MR) is 119 cm³/mol. The molecule has 1 amide bonds. The number of hydrogen-bond donors (Lipinski definition) is 1. The molecule has 0 spiro atoms. The fourth-order valence-corrected chi connectivity index (χ4v) is 4.43. The Bertz CT molecular complexity index is 985. The largest absolute Gasteiger partial charge is 0.467 e. The number of amides is 1. The Balaban J connectivity index is 1.53. The molecule has 158 valence electrons. The number of para-hydroxylation sites is 1. The molecule has 3 aromatic rings. The molecule has 0 bridgehead atoms. The SMILES string of the molecule is CC(Sc1nnc(N2CCCCC2)n1Cc1ccco1)C(=O)Nc1ccccc1Cl. The van der Waals surface area contributed by atoms with E-state index in [-0.39, 0.29) is 11.2 Å². The van der Waals surface area contributed by atoms with Gasteiger partial charge in [0.05, 0.1) is 28.8 Å². The first-order valence-corrected chi connectivity index (χ1v) is 11.3. The summed E-state index contributed by atoms with van der Waals surface area (Å²) in [5, 5.41) is 12.6. The van der Waals surface area contributed by atoms with Gasteiger partial charge in [-0.25, -0.2) is 0 Å². The summed E-state index contributed by atoms with van der Waals surface area (Å²) < 4.78 is 7.59. The maximum atomic E-state index is 12.7. The molecule has 1 aromatic carbocycles. The number of carbonyl (C=O) groups is 1. The van der Waals surface area contributed by atoms with E-state index in [9.17, 15) is 4.79 Å². The molecular weight excluding hydrogens is 422 g/mol. The molecule has 0 radical (unpaired) electrons. The number of hydrogen-bond acceptors (Lipinski definition) is 6. The van der Waals surface area contributed by atoms with Crippen LogP contribution in [0.3, 0.4) is 0 Å². The topological polar surface area (TPSA) is 76.2 Å². The third-order valence-corrected chi connectivity index (χ3v) is 6.42. The minimum absolute atomic E-state index is 0.139. The monoisotopic (exact) mass is 445 g/mol. The Morgan fingerprint density at radius 3 is 2.73 bits per heavy atom. The van der Waals surface area contributed by atoms with Crippen molar-refractivity contribution in [2.75, 3.05) is 23.3 Å². The molecule has 30 heavy (non-hydrogen) atoms. The van der Waals surface area contributed by atoms with Gasteiger partial charge in [0.2, 0.25) is 11.9 Å². The number of aromatic nitrogens is 3. The van der Waals surface area contributed by atoms with Crippen LogP contribution in [0.5, 0.6) is 0 Å². The lowest BCUT2D eigenvalue weighted by molar-refractivity contribution is -0.115. The van der Waals surface area contributed by atoms with Gasteiger partial charge in [-0.15, -0.1) is 10.2 Å². The van der Waals surface area contributed by atoms with Crippen LogP contribution in [0.15, 0.2) is 52.2 Å². The van der Waals surface area contributed by atoms with Crippen molar-refractivity contribution in [1.82, 2.24) is 14.8 Å². The van der Waals surface area contributed by atoms with Crippen LogP contribution in [-0.4, -0.2) is 39.0 Å². The minimum Gasteiger partial charge on any atom is -0.467 e. The summed E-state index contributed by atoms with van der Waals surface area (Å²) >= 11 is 7.54. The van der Waals surface area contributed by atoms with Crippen molar-refractivity contribution in [2.45, 2.75) is 43.1 Å². The van der Waals surface area contributed by atoms with Crippen LogP contribution >= 0.6 is 23.4 Å². The predicted octanol–water partition coefficient (Wildman–Crippen LogP) is 4.68. The smallest absolute Gasteiger partial charge is 0.237 e. The molecule has 1 aliphatic heterocycles. The van der Waals surface area contributed by atoms with E-state index in [1.165, 1.54) is 18.2 Å². The summed E-state index contributed by atoms with van der Waals surface area (Å²) in [6.07, 6.45) is 5.19. The van der Waals surface area contributed by atoms with Crippen molar-refractivity contribution >= 4 is 40.9 Å². The van der Waals surface area contributed by atoms with Gasteiger partial charge in [-0.05, 0) is 50.5 Å². The average molecular weight is 446 g/mol. The Morgan fingerprint density at radius 2 is 2.00 bits per heavy atom. The Kier molecular flexibility index (Phi) is 6.64. The van der Waals surface area contributed by atoms with Crippen LogP contribution in [0.2, 0.25) is 5.02 Å². The fourth-order valence-electron chi connectivity index (χ4n) is 3.40. The number of carbonyl (C=O) groups excluding carboxylic acids is 1. The van der Waals surface area contributed by atoms with Crippen LogP contribution in [0, 0.1) is 0 Å². The van der Waals surface area contributed by atoms with Crippen molar-refractivity contribution in [3.05, 3.63) is 53.4 Å². The van der Waals surface area contributed by atoms with Gasteiger partial charge in [0.25, 0.3) is 0 Å². The zero-order valence-corrected chi connectivity index (χ0v) is 18.3. The van der Waals surface area contributed by atoms with E-state index in [0.717, 1.165) is 37.6 Å². The highest BCUT2D eigenvalue weighted by atomic mass is 35.5.